The SMILES string of the molecule is CCCN(C)c1cnn(CC(NCC)C(C)(C)C)c(=O)c1. The standard InChI is InChI=1S/C16H30N4O/c1-7-9-19(6)13-10-15(21)20(18-11-13)12-14(17-8-2)16(3,4)5/h10-11,14,17H,7-9,12H2,1-6H3. The molecule has 0 spiro atoms. The highest BCUT2D eigenvalue weighted by molar-refractivity contribution is 5.41. The van der Waals surface area contributed by atoms with Crippen molar-refractivity contribution in [2.45, 2.75) is 53.6 Å². The van der Waals surface area contributed by atoms with E-state index in [1.54, 1.807) is 16.9 Å². The fourth-order valence-electron chi connectivity index (χ4n) is 2.30. The van der Waals surface area contributed by atoms with Gasteiger partial charge < -0.3 is 10.2 Å². The third kappa shape index (κ3) is 5.16. The molecule has 0 aliphatic carbocycles. The van der Waals surface area contributed by atoms with Gasteiger partial charge >= 0.3 is 0 Å². The van der Waals surface area contributed by atoms with E-state index in [0.717, 1.165) is 25.2 Å². The summed E-state index contributed by atoms with van der Waals surface area (Å²) in [5.41, 5.74) is 0.922. The summed E-state index contributed by atoms with van der Waals surface area (Å²) in [4.78, 5) is 14.3. The number of likely N-dealkylation sites (N-methyl/N-ethyl adjacent to an activating group) is 1. The molecular formula is C16H30N4O. The normalized spacial score (nSPS) is 13.2. The number of hydrogen-bond acceptors (Lipinski definition) is 4. The minimum absolute atomic E-state index is 0.0393. The third-order valence-electron chi connectivity index (χ3n) is 3.71. The lowest BCUT2D eigenvalue weighted by Gasteiger charge is -2.31. The van der Waals surface area contributed by atoms with Crippen molar-refractivity contribution in [2.24, 2.45) is 5.41 Å². The van der Waals surface area contributed by atoms with Crippen LogP contribution in [-0.2, 0) is 6.54 Å². The zero-order valence-electron chi connectivity index (χ0n) is 14.3. The Morgan fingerprint density at radius 2 is 2.05 bits per heavy atom. The van der Waals surface area contributed by atoms with Gasteiger partial charge in [0.1, 0.15) is 0 Å². The zero-order valence-corrected chi connectivity index (χ0v) is 14.3. The monoisotopic (exact) mass is 294 g/mol. The van der Waals surface area contributed by atoms with E-state index >= 15 is 0 Å². The summed E-state index contributed by atoms with van der Waals surface area (Å²) >= 11 is 0. The van der Waals surface area contributed by atoms with Crippen molar-refractivity contribution >= 4 is 5.69 Å². The maximum atomic E-state index is 12.3. The first-order valence-corrected chi connectivity index (χ1v) is 7.81. The Hall–Kier alpha value is -1.36. The van der Waals surface area contributed by atoms with Gasteiger partial charge in [-0.2, -0.15) is 5.10 Å². The molecule has 1 aromatic heterocycles. The Morgan fingerprint density at radius 1 is 1.38 bits per heavy atom. The second kappa shape index (κ2) is 7.59. The minimum Gasteiger partial charge on any atom is -0.373 e. The molecule has 0 aliphatic heterocycles. The van der Waals surface area contributed by atoms with Gasteiger partial charge in [-0.15, -0.1) is 0 Å². The molecule has 1 N–H and O–H groups in total. The summed E-state index contributed by atoms with van der Waals surface area (Å²) in [7, 11) is 1.99. The first-order chi connectivity index (χ1) is 9.79. The molecule has 0 aromatic carbocycles. The molecule has 1 unspecified atom stereocenters. The second-order valence-corrected chi connectivity index (χ2v) is 6.63. The summed E-state index contributed by atoms with van der Waals surface area (Å²) in [6.07, 6.45) is 2.83. The number of rotatable bonds is 7. The van der Waals surface area contributed by atoms with Crippen LogP contribution in [0.15, 0.2) is 17.1 Å². The minimum atomic E-state index is -0.0393. The largest absolute Gasteiger partial charge is 0.373 e. The Morgan fingerprint density at radius 3 is 2.52 bits per heavy atom. The van der Waals surface area contributed by atoms with E-state index in [0.29, 0.717) is 6.54 Å². The molecule has 0 aliphatic rings. The molecule has 0 radical (unpaired) electrons. The van der Waals surface area contributed by atoms with Gasteiger partial charge in [-0.25, -0.2) is 4.68 Å². The summed E-state index contributed by atoms with van der Waals surface area (Å²) in [5, 5.41) is 7.79. The van der Waals surface area contributed by atoms with E-state index in [-0.39, 0.29) is 17.0 Å². The molecule has 5 heteroatoms. The predicted octanol–water partition coefficient (Wildman–Crippen LogP) is 2.11. The van der Waals surface area contributed by atoms with Crippen LogP contribution in [0.1, 0.15) is 41.0 Å². The van der Waals surface area contributed by atoms with E-state index in [1.165, 1.54) is 0 Å². The van der Waals surface area contributed by atoms with Gasteiger partial charge in [0.2, 0.25) is 0 Å². The number of aromatic nitrogens is 2. The first kappa shape index (κ1) is 17.7. The number of nitrogens with zero attached hydrogens (tertiary/aromatic N) is 3. The van der Waals surface area contributed by atoms with Crippen LogP contribution in [0.4, 0.5) is 5.69 Å². The van der Waals surface area contributed by atoms with Gasteiger partial charge in [0.15, 0.2) is 0 Å². The number of anilines is 1. The van der Waals surface area contributed by atoms with Gasteiger partial charge in [0, 0.05) is 25.7 Å². The summed E-state index contributed by atoms with van der Waals surface area (Å²) in [5.74, 6) is 0. The smallest absolute Gasteiger partial charge is 0.268 e. The quantitative estimate of drug-likeness (QED) is 0.837. The van der Waals surface area contributed by atoms with Gasteiger partial charge in [-0.1, -0.05) is 34.6 Å². The first-order valence-electron chi connectivity index (χ1n) is 7.81. The molecule has 5 nitrogen and oxygen atoms in total. The molecule has 1 atom stereocenters. The predicted molar refractivity (Wildman–Crippen MR) is 89.0 cm³/mol. The Kier molecular flexibility index (Phi) is 6.40. The molecule has 0 saturated carbocycles. The summed E-state index contributed by atoms with van der Waals surface area (Å²) in [6.45, 7) is 13.1. The fourth-order valence-corrected chi connectivity index (χ4v) is 2.30. The Balaban J connectivity index is 2.92. The van der Waals surface area contributed by atoms with Crippen LogP contribution in [0.3, 0.4) is 0 Å². The molecule has 1 aromatic rings. The highest BCUT2D eigenvalue weighted by Gasteiger charge is 2.24. The molecule has 120 valence electrons. The molecule has 0 amide bonds. The van der Waals surface area contributed by atoms with Crippen LogP contribution < -0.4 is 15.8 Å². The van der Waals surface area contributed by atoms with E-state index in [1.807, 2.05) is 7.05 Å². The van der Waals surface area contributed by atoms with Crippen molar-refractivity contribution in [1.29, 1.82) is 0 Å². The van der Waals surface area contributed by atoms with Crippen LogP contribution >= 0.6 is 0 Å². The van der Waals surface area contributed by atoms with Crippen LogP contribution in [0, 0.1) is 5.41 Å². The average Bonchev–Trinajstić information content (AvgIpc) is 2.39. The van der Waals surface area contributed by atoms with Crippen molar-refractivity contribution in [3.8, 4) is 0 Å². The van der Waals surface area contributed by atoms with Crippen LogP contribution in [0.5, 0.6) is 0 Å². The maximum absolute atomic E-state index is 12.3. The topological polar surface area (TPSA) is 50.2 Å². The zero-order chi connectivity index (χ0) is 16.0. The van der Waals surface area contributed by atoms with Gasteiger partial charge in [-0.05, 0) is 18.4 Å². The van der Waals surface area contributed by atoms with Crippen molar-refractivity contribution in [3.05, 3.63) is 22.6 Å². The average molecular weight is 294 g/mol. The lowest BCUT2D eigenvalue weighted by Crippen LogP contribution is -2.45. The molecule has 1 rings (SSSR count). The van der Waals surface area contributed by atoms with E-state index in [2.05, 4.69) is 49.9 Å². The third-order valence-corrected chi connectivity index (χ3v) is 3.71. The molecular weight excluding hydrogens is 264 g/mol. The van der Waals surface area contributed by atoms with Crippen molar-refractivity contribution in [1.82, 2.24) is 15.1 Å². The van der Waals surface area contributed by atoms with E-state index < -0.39 is 0 Å². The molecule has 1 heterocycles. The maximum Gasteiger partial charge on any atom is 0.268 e. The Labute approximate surface area is 128 Å². The molecule has 0 fully saturated rings. The highest BCUT2D eigenvalue weighted by Crippen LogP contribution is 2.20. The van der Waals surface area contributed by atoms with Crippen molar-refractivity contribution in [3.63, 3.8) is 0 Å². The summed E-state index contributed by atoms with van der Waals surface area (Å²) < 4.78 is 1.56. The Bertz CT molecular complexity index is 490. The summed E-state index contributed by atoms with van der Waals surface area (Å²) in [6, 6.07) is 1.89. The molecule has 21 heavy (non-hydrogen) atoms. The van der Waals surface area contributed by atoms with E-state index in [9.17, 15) is 4.79 Å². The van der Waals surface area contributed by atoms with Gasteiger partial charge in [0.25, 0.3) is 5.56 Å². The van der Waals surface area contributed by atoms with Crippen LogP contribution in [0.25, 0.3) is 0 Å². The lowest BCUT2D eigenvalue weighted by molar-refractivity contribution is 0.235. The van der Waals surface area contributed by atoms with Crippen LogP contribution in [0.2, 0.25) is 0 Å². The van der Waals surface area contributed by atoms with Crippen molar-refractivity contribution in [2.75, 3.05) is 25.0 Å². The molecule has 0 saturated heterocycles. The van der Waals surface area contributed by atoms with Gasteiger partial charge in [0.05, 0.1) is 18.4 Å². The lowest BCUT2D eigenvalue weighted by atomic mass is 9.86. The fraction of sp³-hybridized carbons (Fsp3) is 0.750. The van der Waals surface area contributed by atoms with Crippen LogP contribution in [-0.4, -0.2) is 36.0 Å². The number of nitrogens with one attached hydrogen (secondary N) is 1. The molecule has 0 bridgehead atoms. The second-order valence-electron chi connectivity index (χ2n) is 6.63. The highest BCUT2D eigenvalue weighted by atomic mass is 16.1. The van der Waals surface area contributed by atoms with Crippen molar-refractivity contribution < 1.29 is 0 Å². The van der Waals surface area contributed by atoms with Gasteiger partial charge in [-0.3, -0.25) is 4.79 Å². The van der Waals surface area contributed by atoms with E-state index in [4.69, 9.17) is 0 Å². The number of hydrogen-bond donors (Lipinski definition) is 1.